The summed E-state index contributed by atoms with van der Waals surface area (Å²) in [4.78, 5) is 23.5. The molecule has 0 heterocycles. The van der Waals surface area contributed by atoms with Crippen molar-refractivity contribution < 1.29 is 14.9 Å². The van der Waals surface area contributed by atoms with E-state index in [1.807, 2.05) is 42.6 Å². The average Bonchev–Trinajstić information content (AvgIpc) is 2.61. The van der Waals surface area contributed by atoms with Crippen molar-refractivity contribution >= 4 is 11.9 Å². The molecule has 0 aliphatic carbocycles. The van der Waals surface area contributed by atoms with Crippen LogP contribution in [0.4, 0.5) is 4.79 Å². The molecule has 126 valence electrons. The number of quaternary nitrogens is 1. The first-order valence-electron chi connectivity index (χ1n) is 8.00. The predicted octanol–water partition coefficient (Wildman–Crippen LogP) is 1.49. The molecule has 0 spiro atoms. The van der Waals surface area contributed by atoms with Crippen LogP contribution in [0, 0.1) is 6.92 Å². The maximum absolute atomic E-state index is 12.2. The summed E-state index contributed by atoms with van der Waals surface area (Å²) in [6, 6.07) is 17.4. The second kappa shape index (κ2) is 8.26. The number of hydrogen-bond donors (Lipinski definition) is 3. The van der Waals surface area contributed by atoms with E-state index in [1.54, 1.807) is 6.92 Å². The second-order valence-electron chi connectivity index (χ2n) is 5.85. The SMILES string of the molecule is CNC(=O)NC(=O)[C@@H](C)[NH2+][C@@H](c1ccccc1)c1ccc(C)cc1. The summed E-state index contributed by atoms with van der Waals surface area (Å²) < 4.78 is 0. The number of amides is 3. The molecule has 24 heavy (non-hydrogen) atoms. The zero-order valence-electron chi connectivity index (χ0n) is 14.2. The van der Waals surface area contributed by atoms with Gasteiger partial charge in [0.15, 0.2) is 6.04 Å². The molecule has 0 aromatic heterocycles. The number of aryl methyl sites for hydroxylation is 1. The lowest BCUT2D eigenvalue weighted by atomic mass is 9.97. The van der Waals surface area contributed by atoms with Crippen molar-refractivity contribution in [2.45, 2.75) is 25.9 Å². The van der Waals surface area contributed by atoms with Crippen molar-refractivity contribution in [1.29, 1.82) is 0 Å². The minimum absolute atomic E-state index is 0.0164. The smallest absolute Gasteiger partial charge is 0.321 e. The number of rotatable bonds is 5. The molecule has 0 unspecified atom stereocenters. The van der Waals surface area contributed by atoms with E-state index in [2.05, 4.69) is 34.9 Å². The molecule has 2 rings (SSSR count). The fraction of sp³-hybridized carbons (Fsp3) is 0.263. The number of nitrogens with one attached hydrogen (secondary N) is 2. The maximum atomic E-state index is 12.2. The molecule has 0 saturated heterocycles. The van der Waals surface area contributed by atoms with Crippen LogP contribution in [0.25, 0.3) is 0 Å². The van der Waals surface area contributed by atoms with Gasteiger partial charge in [0, 0.05) is 18.2 Å². The minimum Gasteiger partial charge on any atom is -0.341 e. The Balaban J connectivity index is 2.22. The Morgan fingerprint density at radius 1 is 0.958 bits per heavy atom. The van der Waals surface area contributed by atoms with Gasteiger partial charge in [0.25, 0.3) is 5.91 Å². The number of carbonyl (C=O) groups is 2. The average molecular weight is 326 g/mol. The molecular weight excluding hydrogens is 302 g/mol. The molecule has 0 bridgehead atoms. The van der Waals surface area contributed by atoms with Crippen LogP contribution in [0.3, 0.4) is 0 Å². The summed E-state index contributed by atoms with van der Waals surface area (Å²) in [6.07, 6.45) is 0. The van der Waals surface area contributed by atoms with Gasteiger partial charge in [-0.05, 0) is 13.8 Å². The number of nitrogens with two attached hydrogens (primary N) is 1. The van der Waals surface area contributed by atoms with E-state index in [1.165, 1.54) is 12.6 Å². The van der Waals surface area contributed by atoms with Gasteiger partial charge >= 0.3 is 6.03 Å². The van der Waals surface area contributed by atoms with Crippen molar-refractivity contribution in [2.24, 2.45) is 0 Å². The van der Waals surface area contributed by atoms with Crippen LogP contribution in [0.2, 0.25) is 0 Å². The van der Waals surface area contributed by atoms with Gasteiger partial charge in [-0.2, -0.15) is 0 Å². The summed E-state index contributed by atoms with van der Waals surface area (Å²) in [5, 5.41) is 6.69. The molecule has 0 fully saturated rings. The molecule has 2 aromatic rings. The normalized spacial score (nSPS) is 13.0. The van der Waals surface area contributed by atoms with Crippen molar-refractivity contribution in [3.8, 4) is 0 Å². The van der Waals surface area contributed by atoms with Gasteiger partial charge in [-0.25, -0.2) is 4.79 Å². The van der Waals surface area contributed by atoms with E-state index >= 15 is 0 Å². The third kappa shape index (κ3) is 4.67. The Bertz CT molecular complexity index is 684. The zero-order chi connectivity index (χ0) is 17.5. The Labute approximate surface area is 142 Å². The Kier molecular flexibility index (Phi) is 6.09. The lowest BCUT2D eigenvalue weighted by Gasteiger charge is -2.20. The van der Waals surface area contributed by atoms with Crippen LogP contribution in [-0.2, 0) is 4.79 Å². The van der Waals surface area contributed by atoms with Gasteiger partial charge in [-0.15, -0.1) is 0 Å². The van der Waals surface area contributed by atoms with Crippen LogP contribution >= 0.6 is 0 Å². The summed E-state index contributed by atoms with van der Waals surface area (Å²) >= 11 is 0. The van der Waals surface area contributed by atoms with Gasteiger partial charge in [0.2, 0.25) is 0 Å². The molecule has 4 N–H and O–H groups in total. The van der Waals surface area contributed by atoms with Gasteiger partial charge in [-0.1, -0.05) is 60.2 Å². The van der Waals surface area contributed by atoms with Crippen LogP contribution < -0.4 is 16.0 Å². The number of hydrogen-bond acceptors (Lipinski definition) is 2. The molecule has 0 aliphatic heterocycles. The van der Waals surface area contributed by atoms with Crippen molar-refractivity contribution in [2.75, 3.05) is 7.05 Å². The van der Waals surface area contributed by atoms with E-state index < -0.39 is 12.1 Å². The molecule has 5 heteroatoms. The summed E-state index contributed by atoms with van der Waals surface area (Å²) in [7, 11) is 1.48. The van der Waals surface area contributed by atoms with E-state index in [0.717, 1.165) is 11.1 Å². The third-order valence-corrected chi connectivity index (χ3v) is 3.95. The van der Waals surface area contributed by atoms with Crippen molar-refractivity contribution in [3.05, 3.63) is 71.3 Å². The standard InChI is InChI=1S/C19H23N3O2/c1-13-9-11-16(12-10-13)17(15-7-5-4-6-8-15)21-14(2)18(23)22-19(24)20-3/h4-12,14,17,21H,1-3H3,(H2,20,22,23,24)/p+1/t14-,17+/m1/s1. The van der Waals surface area contributed by atoms with Crippen LogP contribution in [0.15, 0.2) is 54.6 Å². The molecular formula is C19H24N3O2+. The number of urea groups is 1. The van der Waals surface area contributed by atoms with Crippen molar-refractivity contribution in [3.63, 3.8) is 0 Å². The van der Waals surface area contributed by atoms with Crippen LogP contribution in [-0.4, -0.2) is 25.0 Å². The molecule has 0 saturated carbocycles. The summed E-state index contributed by atoms with van der Waals surface area (Å²) in [5.74, 6) is -0.317. The number of carbonyl (C=O) groups excluding carboxylic acids is 2. The molecule has 0 aliphatic rings. The third-order valence-electron chi connectivity index (χ3n) is 3.95. The first-order chi connectivity index (χ1) is 11.5. The fourth-order valence-electron chi connectivity index (χ4n) is 2.51. The highest BCUT2D eigenvalue weighted by molar-refractivity contribution is 5.95. The quantitative estimate of drug-likeness (QED) is 0.779. The highest BCUT2D eigenvalue weighted by Crippen LogP contribution is 2.18. The van der Waals surface area contributed by atoms with Gasteiger partial charge in [-0.3, -0.25) is 10.1 Å². The van der Waals surface area contributed by atoms with E-state index in [4.69, 9.17) is 0 Å². The maximum Gasteiger partial charge on any atom is 0.321 e. The monoisotopic (exact) mass is 326 g/mol. The lowest BCUT2D eigenvalue weighted by molar-refractivity contribution is -0.704. The van der Waals surface area contributed by atoms with Crippen LogP contribution in [0.5, 0.6) is 0 Å². The van der Waals surface area contributed by atoms with Crippen molar-refractivity contribution in [1.82, 2.24) is 10.6 Å². The number of benzene rings is 2. The van der Waals surface area contributed by atoms with E-state index in [-0.39, 0.29) is 11.9 Å². The Morgan fingerprint density at radius 2 is 1.54 bits per heavy atom. The minimum atomic E-state index is -0.494. The van der Waals surface area contributed by atoms with Crippen LogP contribution in [0.1, 0.15) is 29.7 Å². The van der Waals surface area contributed by atoms with Gasteiger partial charge in [0.1, 0.15) is 6.04 Å². The first kappa shape index (κ1) is 17.7. The Hall–Kier alpha value is -2.66. The largest absolute Gasteiger partial charge is 0.341 e. The highest BCUT2D eigenvalue weighted by Gasteiger charge is 2.25. The first-order valence-corrected chi connectivity index (χ1v) is 8.00. The van der Waals surface area contributed by atoms with Gasteiger partial charge in [0.05, 0.1) is 0 Å². The van der Waals surface area contributed by atoms with E-state index in [0.29, 0.717) is 0 Å². The van der Waals surface area contributed by atoms with Gasteiger partial charge < -0.3 is 10.6 Å². The molecule has 5 nitrogen and oxygen atoms in total. The molecule has 0 radical (unpaired) electrons. The molecule has 2 aromatic carbocycles. The lowest BCUT2D eigenvalue weighted by Crippen LogP contribution is -2.93. The summed E-state index contributed by atoms with van der Waals surface area (Å²) in [5.41, 5.74) is 3.42. The molecule has 3 amide bonds. The fourth-order valence-corrected chi connectivity index (χ4v) is 2.51. The predicted molar refractivity (Wildman–Crippen MR) is 93.4 cm³/mol. The Morgan fingerprint density at radius 3 is 2.12 bits per heavy atom. The topological polar surface area (TPSA) is 74.8 Å². The number of imide groups is 1. The highest BCUT2D eigenvalue weighted by atomic mass is 16.2. The van der Waals surface area contributed by atoms with E-state index in [9.17, 15) is 9.59 Å². The summed E-state index contributed by atoms with van der Waals surface area (Å²) in [6.45, 7) is 3.84. The second-order valence-corrected chi connectivity index (χ2v) is 5.85. The molecule has 2 atom stereocenters. The zero-order valence-corrected chi connectivity index (χ0v) is 14.2.